The number of nitrogens with one attached hydrogen (secondary N) is 1. The average Bonchev–Trinajstić information content (AvgIpc) is 3.08. The highest BCUT2D eigenvalue weighted by molar-refractivity contribution is 9.10. The number of benzene rings is 1. The maximum Gasteiger partial charge on any atom is 0.308 e. The molecule has 1 amide bonds. The van der Waals surface area contributed by atoms with Crippen molar-refractivity contribution in [1.82, 2.24) is 20.3 Å². The number of carboxylic acids is 1. The monoisotopic (exact) mass is 494 g/mol. The summed E-state index contributed by atoms with van der Waals surface area (Å²) in [5.41, 5.74) is 1.57. The first kappa shape index (κ1) is 23.4. The Balaban J connectivity index is 1.33. The molecule has 0 saturated heterocycles. The van der Waals surface area contributed by atoms with Gasteiger partial charge in [0.1, 0.15) is 12.3 Å². The lowest BCUT2D eigenvalue weighted by molar-refractivity contribution is -0.143. The van der Waals surface area contributed by atoms with Gasteiger partial charge < -0.3 is 19.9 Å². The van der Waals surface area contributed by atoms with Crippen molar-refractivity contribution in [2.75, 3.05) is 19.8 Å². The number of hydrogen-bond acceptors (Lipinski definition) is 6. The Morgan fingerprint density at radius 1 is 1.16 bits per heavy atom. The Morgan fingerprint density at radius 2 is 1.94 bits per heavy atom. The number of carbonyl (C=O) groups excluding carboxylic acids is 1. The Labute approximate surface area is 189 Å². The third-order valence-electron chi connectivity index (χ3n) is 5.17. The number of para-hydroxylation sites is 1. The molecule has 1 aromatic carbocycles. The Morgan fingerprint density at radius 3 is 2.74 bits per heavy atom. The van der Waals surface area contributed by atoms with Crippen molar-refractivity contribution >= 4 is 27.8 Å². The molecule has 9 nitrogen and oxygen atoms in total. The van der Waals surface area contributed by atoms with Gasteiger partial charge in [0.15, 0.2) is 0 Å². The molecule has 2 aromatic rings. The Kier molecular flexibility index (Phi) is 8.98. The highest BCUT2D eigenvalue weighted by Gasteiger charge is 2.30. The van der Waals surface area contributed by atoms with Gasteiger partial charge in [-0.3, -0.25) is 9.59 Å². The van der Waals surface area contributed by atoms with Crippen LogP contribution in [0, 0.1) is 5.92 Å². The highest BCUT2D eigenvalue weighted by atomic mass is 79.9. The van der Waals surface area contributed by atoms with Crippen molar-refractivity contribution in [2.24, 2.45) is 5.92 Å². The van der Waals surface area contributed by atoms with Gasteiger partial charge in [0.25, 0.3) is 0 Å². The first-order chi connectivity index (χ1) is 15.0. The molecule has 1 saturated carbocycles. The van der Waals surface area contributed by atoms with Crippen LogP contribution in [0.3, 0.4) is 0 Å². The normalized spacial score (nSPS) is 19.0. The van der Waals surface area contributed by atoms with Gasteiger partial charge in [-0.2, -0.15) is 0 Å². The van der Waals surface area contributed by atoms with Crippen LogP contribution in [0.1, 0.15) is 37.8 Å². The van der Waals surface area contributed by atoms with Gasteiger partial charge in [-0.25, -0.2) is 4.68 Å². The molecule has 31 heavy (non-hydrogen) atoms. The number of halogens is 1. The molecule has 1 aromatic heterocycles. The van der Waals surface area contributed by atoms with Crippen LogP contribution in [0.2, 0.25) is 0 Å². The molecule has 10 heteroatoms. The van der Waals surface area contributed by atoms with Gasteiger partial charge in [0, 0.05) is 10.5 Å². The SMILES string of the molecule is O=C(COCCOCc1cn(-c2ccccc2Br)nn1)N[C@H]1CCCCC[C@H]1C(=O)O. The topological polar surface area (TPSA) is 116 Å². The van der Waals surface area contributed by atoms with Crippen LogP contribution in [0.15, 0.2) is 34.9 Å². The fraction of sp³-hybridized carbons (Fsp3) is 0.524. The predicted octanol–water partition coefficient (Wildman–Crippen LogP) is 2.71. The van der Waals surface area contributed by atoms with Gasteiger partial charge in [0.05, 0.1) is 37.6 Å². The number of carbonyl (C=O) groups is 2. The number of aliphatic carboxylic acids is 1. The zero-order valence-corrected chi connectivity index (χ0v) is 18.8. The van der Waals surface area contributed by atoms with E-state index < -0.39 is 11.9 Å². The van der Waals surface area contributed by atoms with E-state index >= 15 is 0 Å². The fourth-order valence-corrected chi connectivity index (χ4v) is 4.07. The summed E-state index contributed by atoms with van der Waals surface area (Å²) in [4.78, 5) is 23.6. The second-order valence-electron chi connectivity index (χ2n) is 7.47. The number of amides is 1. The summed E-state index contributed by atoms with van der Waals surface area (Å²) in [7, 11) is 0. The number of nitrogens with zero attached hydrogens (tertiary/aromatic N) is 3. The van der Waals surface area contributed by atoms with Crippen molar-refractivity contribution in [3.8, 4) is 5.69 Å². The van der Waals surface area contributed by atoms with Crippen LogP contribution >= 0.6 is 15.9 Å². The van der Waals surface area contributed by atoms with Gasteiger partial charge in [-0.05, 0) is 40.9 Å². The van der Waals surface area contributed by atoms with Crippen molar-refractivity contribution in [3.63, 3.8) is 0 Å². The summed E-state index contributed by atoms with van der Waals surface area (Å²) in [6.07, 6.45) is 5.89. The van der Waals surface area contributed by atoms with Crippen molar-refractivity contribution < 1.29 is 24.2 Å². The first-order valence-electron chi connectivity index (χ1n) is 10.4. The minimum absolute atomic E-state index is 0.121. The first-order valence-corrected chi connectivity index (χ1v) is 11.2. The van der Waals surface area contributed by atoms with E-state index in [1.54, 1.807) is 10.9 Å². The molecule has 0 radical (unpaired) electrons. The van der Waals surface area contributed by atoms with E-state index in [4.69, 9.17) is 9.47 Å². The maximum absolute atomic E-state index is 12.1. The van der Waals surface area contributed by atoms with Gasteiger partial charge in [0.2, 0.25) is 5.91 Å². The third-order valence-corrected chi connectivity index (χ3v) is 5.85. The lowest BCUT2D eigenvalue weighted by Crippen LogP contribution is -2.44. The molecule has 0 aliphatic heterocycles. The molecule has 2 atom stereocenters. The molecule has 1 heterocycles. The number of ether oxygens (including phenoxy) is 2. The van der Waals surface area contributed by atoms with Crippen LogP contribution in [-0.4, -0.2) is 57.8 Å². The van der Waals surface area contributed by atoms with E-state index in [-0.39, 0.29) is 31.8 Å². The fourth-order valence-electron chi connectivity index (χ4n) is 3.60. The zero-order chi connectivity index (χ0) is 22.1. The van der Waals surface area contributed by atoms with E-state index in [1.165, 1.54) is 0 Å². The summed E-state index contributed by atoms with van der Waals surface area (Å²) < 4.78 is 13.5. The van der Waals surface area contributed by atoms with Crippen LogP contribution in [-0.2, 0) is 25.7 Å². The van der Waals surface area contributed by atoms with Crippen LogP contribution < -0.4 is 5.32 Å². The summed E-state index contributed by atoms with van der Waals surface area (Å²) in [6, 6.07) is 7.37. The zero-order valence-electron chi connectivity index (χ0n) is 17.2. The van der Waals surface area contributed by atoms with E-state index in [9.17, 15) is 14.7 Å². The lowest BCUT2D eigenvalue weighted by Gasteiger charge is -2.22. The Hall–Kier alpha value is -2.30. The largest absolute Gasteiger partial charge is 0.481 e. The van der Waals surface area contributed by atoms with Gasteiger partial charge >= 0.3 is 5.97 Å². The van der Waals surface area contributed by atoms with Crippen molar-refractivity contribution in [3.05, 3.63) is 40.6 Å². The number of aromatic nitrogens is 3. The molecule has 168 valence electrons. The second kappa shape index (κ2) is 11.9. The summed E-state index contributed by atoms with van der Waals surface area (Å²) >= 11 is 3.48. The highest BCUT2D eigenvalue weighted by Crippen LogP contribution is 2.24. The van der Waals surface area contributed by atoms with Crippen molar-refractivity contribution in [1.29, 1.82) is 0 Å². The Bertz CT molecular complexity index is 875. The van der Waals surface area contributed by atoms with Gasteiger partial charge in [-0.1, -0.05) is 36.6 Å². The van der Waals surface area contributed by atoms with Crippen LogP contribution in [0.25, 0.3) is 5.69 Å². The molecule has 0 bridgehead atoms. The van der Waals surface area contributed by atoms with Crippen molar-refractivity contribution in [2.45, 2.75) is 44.8 Å². The molecule has 1 aliphatic carbocycles. The smallest absolute Gasteiger partial charge is 0.308 e. The van der Waals surface area contributed by atoms with E-state index in [2.05, 4.69) is 31.6 Å². The molecule has 1 fully saturated rings. The average molecular weight is 495 g/mol. The lowest BCUT2D eigenvalue weighted by atomic mass is 9.95. The van der Waals surface area contributed by atoms with Gasteiger partial charge in [-0.15, -0.1) is 5.10 Å². The molecule has 1 aliphatic rings. The number of carboxylic acid groups (broad SMARTS) is 1. The molecule has 3 rings (SSSR count). The predicted molar refractivity (Wildman–Crippen MR) is 116 cm³/mol. The van der Waals surface area contributed by atoms with E-state index in [1.807, 2.05) is 24.3 Å². The van der Waals surface area contributed by atoms with E-state index in [0.29, 0.717) is 25.1 Å². The maximum atomic E-state index is 12.1. The number of rotatable bonds is 10. The summed E-state index contributed by atoms with van der Waals surface area (Å²) in [5, 5.41) is 20.4. The van der Waals surface area contributed by atoms with Crippen LogP contribution in [0.5, 0.6) is 0 Å². The summed E-state index contributed by atoms with van der Waals surface area (Å²) in [5.74, 6) is -1.67. The second-order valence-corrected chi connectivity index (χ2v) is 8.32. The molecule has 0 spiro atoms. The molecule has 0 unspecified atom stereocenters. The summed E-state index contributed by atoms with van der Waals surface area (Å²) in [6.45, 7) is 0.710. The number of hydrogen-bond donors (Lipinski definition) is 2. The quantitative estimate of drug-likeness (QED) is 0.385. The minimum atomic E-state index is -0.849. The minimum Gasteiger partial charge on any atom is -0.481 e. The standard InChI is InChI=1S/C21H27BrN4O5/c22-17-7-4-5-9-19(17)26-12-15(24-25-26)13-30-10-11-31-14-20(27)23-18-8-3-1-2-6-16(18)21(28)29/h4-5,7,9,12,16,18H,1-3,6,8,10-11,13-14H2,(H,23,27)(H,28,29)/t16-,18+/m1/s1. The molecular formula is C21H27BrN4O5. The third kappa shape index (κ3) is 7.12. The van der Waals surface area contributed by atoms with E-state index in [0.717, 1.165) is 29.4 Å². The van der Waals surface area contributed by atoms with Crippen LogP contribution in [0.4, 0.5) is 0 Å². The molecular weight excluding hydrogens is 468 g/mol. The molecule has 2 N–H and O–H groups in total.